The molecule has 1 heterocycles. The van der Waals surface area contributed by atoms with E-state index in [1.807, 2.05) is 0 Å². The number of fused-ring (bicyclic) bond motifs is 1. The fourth-order valence-corrected chi connectivity index (χ4v) is 2.62. The Kier molecular flexibility index (Phi) is 5.17. The van der Waals surface area contributed by atoms with Gasteiger partial charge in [-0.15, -0.1) is 0 Å². The van der Waals surface area contributed by atoms with E-state index in [1.165, 1.54) is 13.2 Å². The van der Waals surface area contributed by atoms with Crippen LogP contribution in [0, 0.1) is 5.92 Å². The molecule has 5 nitrogen and oxygen atoms in total. The first-order chi connectivity index (χ1) is 10.0. The molecular weight excluding hydrogens is 272 g/mol. The van der Waals surface area contributed by atoms with Crippen molar-refractivity contribution in [3.63, 3.8) is 0 Å². The Balaban J connectivity index is 1.82. The van der Waals surface area contributed by atoms with Gasteiger partial charge in [0.2, 0.25) is 0 Å². The van der Waals surface area contributed by atoms with E-state index in [2.05, 4.69) is 4.74 Å². The van der Waals surface area contributed by atoms with Crippen LogP contribution in [-0.2, 0) is 23.8 Å². The molecule has 0 aromatic rings. The minimum Gasteiger partial charge on any atom is -0.465 e. The first-order valence-corrected chi connectivity index (χ1v) is 7.30. The minimum absolute atomic E-state index is 0.346. The molecule has 0 amide bonds. The first-order valence-electron chi connectivity index (χ1n) is 7.30. The van der Waals surface area contributed by atoms with Crippen LogP contribution in [0.15, 0.2) is 23.3 Å². The summed E-state index contributed by atoms with van der Waals surface area (Å²) in [6.45, 7) is 3.77. The summed E-state index contributed by atoms with van der Waals surface area (Å²) in [7, 11) is 1.31. The molecule has 2 rings (SSSR count). The Morgan fingerprint density at radius 1 is 1.24 bits per heavy atom. The molecule has 116 valence electrons. The van der Waals surface area contributed by atoms with Crippen LogP contribution in [0.5, 0.6) is 0 Å². The van der Waals surface area contributed by atoms with Crippen molar-refractivity contribution >= 4 is 11.9 Å². The van der Waals surface area contributed by atoms with Gasteiger partial charge in [-0.05, 0) is 45.1 Å². The van der Waals surface area contributed by atoms with Crippen molar-refractivity contribution < 1.29 is 23.8 Å². The lowest BCUT2D eigenvalue weighted by Crippen LogP contribution is -2.20. The molecule has 0 bridgehead atoms. The molecule has 0 radical (unpaired) electrons. The van der Waals surface area contributed by atoms with E-state index in [9.17, 15) is 9.59 Å². The molecule has 1 saturated carbocycles. The molecule has 2 aliphatic rings. The van der Waals surface area contributed by atoms with Gasteiger partial charge in [0.05, 0.1) is 31.5 Å². The Bertz CT molecular complexity index is 477. The average molecular weight is 294 g/mol. The van der Waals surface area contributed by atoms with Crippen molar-refractivity contribution in [1.82, 2.24) is 0 Å². The second-order valence-electron chi connectivity index (χ2n) is 5.55. The van der Waals surface area contributed by atoms with Crippen molar-refractivity contribution in [3.05, 3.63) is 23.3 Å². The van der Waals surface area contributed by atoms with Crippen molar-refractivity contribution in [2.45, 2.75) is 45.3 Å². The monoisotopic (exact) mass is 294 g/mol. The van der Waals surface area contributed by atoms with Crippen LogP contribution in [0.1, 0.15) is 33.1 Å². The lowest BCUT2D eigenvalue weighted by Gasteiger charge is -2.18. The molecule has 5 heteroatoms. The first kappa shape index (κ1) is 15.8. The highest BCUT2D eigenvalue weighted by atomic mass is 16.6. The summed E-state index contributed by atoms with van der Waals surface area (Å²) >= 11 is 0. The lowest BCUT2D eigenvalue weighted by atomic mass is 9.90. The molecule has 0 spiro atoms. The number of allylic oxidation sites excluding steroid dienone is 1. The van der Waals surface area contributed by atoms with Crippen LogP contribution in [0.4, 0.5) is 0 Å². The number of hydrogen-bond donors (Lipinski definition) is 0. The zero-order valence-corrected chi connectivity index (χ0v) is 12.8. The quantitative estimate of drug-likeness (QED) is 0.336. The van der Waals surface area contributed by atoms with Crippen LogP contribution >= 0.6 is 0 Å². The van der Waals surface area contributed by atoms with Crippen molar-refractivity contribution in [2.24, 2.45) is 5.92 Å². The molecule has 0 N–H and O–H groups in total. The summed E-state index contributed by atoms with van der Waals surface area (Å²) in [5.41, 5.74) is 0.740. The maximum absolute atomic E-state index is 11.9. The van der Waals surface area contributed by atoms with Crippen LogP contribution in [0.3, 0.4) is 0 Å². The second kappa shape index (κ2) is 6.89. The fourth-order valence-electron chi connectivity index (χ4n) is 2.62. The number of esters is 2. The fraction of sp³-hybridized carbons (Fsp3) is 0.625. The normalized spacial score (nSPS) is 28.6. The number of methoxy groups -OCH3 is 1. The van der Waals surface area contributed by atoms with Gasteiger partial charge in [0.1, 0.15) is 0 Å². The van der Waals surface area contributed by atoms with Gasteiger partial charge in [0, 0.05) is 5.57 Å². The Labute approximate surface area is 124 Å². The summed E-state index contributed by atoms with van der Waals surface area (Å²) in [5.74, 6) is -0.474. The average Bonchev–Trinajstić information content (AvgIpc) is 3.27. The number of hydrogen-bond acceptors (Lipinski definition) is 5. The van der Waals surface area contributed by atoms with E-state index < -0.39 is 11.9 Å². The molecular formula is C16H22O5. The SMILES string of the molecule is C/C=C(\C=C(/C)C(=O)OCC1CCC2OC2C1)C(=O)OC. The third kappa shape index (κ3) is 4.17. The Morgan fingerprint density at radius 3 is 2.62 bits per heavy atom. The van der Waals surface area contributed by atoms with Crippen molar-refractivity contribution in [2.75, 3.05) is 13.7 Å². The summed E-state index contributed by atoms with van der Waals surface area (Å²) in [6.07, 6.45) is 7.02. The summed E-state index contributed by atoms with van der Waals surface area (Å²) in [5, 5.41) is 0. The van der Waals surface area contributed by atoms with Gasteiger partial charge in [0.15, 0.2) is 0 Å². The van der Waals surface area contributed by atoms with Gasteiger partial charge < -0.3 is 14.2 Å². The van der Waals surface area contributed by atoms with Crippen LogP contribution in [0.2, 0.25) is 0 Å². The summed E-state index contributed by atoms with van der Waals surface area (Å²) in [6, 6.07) is 0. The third-order valence-corrected chi connectivity index (χ3v) is 3.99. The Hall–Kier alpha value is -1.62. The standard InChI is InChI=1S/C16H22O5/c1-4-12(16(18)19-3)7-10(2)15(17)20-9-11-5-6-13-14(8-11)21-13/h4,7,11,13-14H,5-6,8-9H2,1-3H3/b10-7+,12-4+. The molecule has 3 unspecified atom stereocenters. The zero-order chi connectivity index (χ0) is 15.4. The number of carbonyl (C=O) groups is 2. The Morgan fingerprint density at radius 2 is 2.00 bits per heavy atom. The second-order valence-corrected chi connectivity index (χ2v) is 5.55. The number of epoxide rings is 1. The third-order valence-electron chi connectivity index (χ3n) is 3.99. The predicted octanol–water partition coefficient (Wildman–Crippen LogP) is 2.16. The number of carbonyl (C=O) groups excluding carboxylic acids is 2. The molecule has 2 fully saturated rings. The van der Waals surface area contributed by atoms with Crippen LogP contribution < -0.4 is 0 Å². The van der Waals surface area contributed by atoms with E-state index >= 15 is 0 Å². The van der Waals surface area contributed by atoms with Gasteiger partial charge in [0.25, 0.3) is 0 Å². The van der Waals surface area contributed by atoms with Crippen LogP contribution in [-0.4, -0.2) is 37.9 Å². The van der Waals surface area contributed by atoms with Gasteiger partial charge in [-0.1, -0.05) is 6.08 Å². The van der Waals surface area contributed by atoms with E-state index in [-0.39, 0.29) is 0 Å². The molecule has 1 saturated heterocycles. The number of ether oxygens (including phenoxy) is 3. The van der Waals surface area contributed by atoms with Gasteiger partial charge in [-0.3, -0.25) is 0 Å². The smallest absolute Gasteiger partial charge is 0.337 e. The van der Waals surface area contributed by atoms with E-state index in [0.717, 1.165) is 19.3 Å². The zero-order valence-electron chi connectivity index (χ0n) is 12.8. The molecule has 0 aromatic carbocycles. The molecule has 1 aliphatic carbocycles. The number of rotatable bonds is 5. The highest BCUT2D eigenvalue weighted by Gasteiger charge is 2.43. The summed E-state index contributed by atoms with van der Waals surface area (Å²) in [4.78, 5) is 23.4. The maximum atomic E-state index is 11.9. The van der Waals surface area contributed by atoms with Gasteiger partial charge >= 0.3 is 11.9 Å². The van der Waals surface area contributed by atoms with Crippen molar-refractivity contribution in [1.29, 1.82) is 0 Å². The molecule has 21 heavy (non-hydrogen) atoms. The predicted molar refractivity (Wildman–Crippen MR) is 76.5 cm³/mol. The minimum atomic E-state index is -0.464. The van der Waals surface area contributed by atoms with Crippen molar-refractivity contribution in [3.8, 4) is 0 Å². The highest BCUT2D eigenvalue weighted by molar-refractivity contribution is 5.95. The molecule has 0 aromatic heterocycles. The topological polar surface area (TPSA) is 65.1 Å². The van der Waals surface area contributed by atoms with E-state index in [0.29, 0.717) is 35.9 Å². The van der Waals surface area contributed by atoms with Gasteiger partial charge in [-0.25, -0.2) is 9.59 Å². The molecule has 3 atom stereocenters. The maximum Gasteiger partial charge on any atom is 0.337 e. The van der Waals surface area contributed by atoms with E-state index in [1.54, 1.807) is 19.9 Å². The summed E-state index contributed by atoms with van der Waals surface area (Å²) < 4.78 is 15.4. The lowest BCUT2D eigenvalue weighted by molar-refractivity contribution is -0.140. The van der Waals surface area contributed by atoms with Crippen LogP contribution in [0.25, 0.3) is 0 Å². The highest BCUT2D eigenvalue weighted by Crippen LogP contribution is 2.39. The largest absolute Gasteiger partial charge is 0.465 e. The molecule has 1 aliphatic heterocycles. The van der Waals surface area contributed by atoms with Gasteiger partial charge in [-0.2, -0.15) is 0 Å². The van der Waals surface area contributed by atoms with E-state index in [4.69, 9.17) is 9.47 Å².